The summed E-state index contributed by atoms with van der Waals surface area (Å²) in [4.78, 5) is 40.8. The van der Waals surface area contributed by atoms with Gasteiger partial charge in [-0.25, -0.2) is 19.2 Å². The van der Waals surface area contributed by atoms with Crippen LogP contribution in [0, 0.1) is 0 Å². The molecule has 8 heteroatoms. The van der Waals surface area contributed by atoms with Crippen LogP contribution in [0.15, 0.2) is 121 Å². The van der Waals surface area contributed by atoms with E-state index in [1.807, 2.05) is 0 Å². The maximum atomic E-state index is 10.2. The Kier molecular flexibility index (Phi) is 13.1. The second-order valence-corrected chi connectivity index (χ2v) is 6.68. The highest BCUT2D eigenvalue weighted by Crippen LogP contribution is 1.98. The average molecular weight is 488 g/mol. The van der Waals surface area contributed by atoms with Gasteiger partial charge in [-0.2, -0.15) is 0 Å². The van der Waals surface area contributed by atoms with Crippen LogP contribution < -0.4 is 0 Å². The van der Waals surface area contributed by atoms with Crippen molar-refractivity contribution in [3.05, 3.63) is 144 Å². The van der Waals surface area contributed by atoms with Gasteiger partial charge in [-0.05, 0) is 48.5 Å². The van der Waals surface area contributed by atoms with Crippen molar-refractivity contribution < 1.29 is 39.6 Å². The maximum Gasteiger partial charge on any atom is 0.335 e. The van der Waals surface area contributed by atoms with Crippen molar-refractivity contribution in [3.8, 4) is 0 Å². The number of hydrogen-bond donors (Lipinski definition) is 4. The molecule has 4 rings (SSSR count). The molecule has 0 atom stereocenters. The maximum absolute atomic E-state index is 10.2. The van der Waals surface area contributed by atoms with Gasteiger partial charge in [0, 0.05) is 0 Å². The lowest BCUT2D eigenvalue weighted by molar-refractivity contribution is 0.0686. The summed E-state index contributed by atoms with van der Waals surface area (Å²) in [6.45, 7) is 0. The molecule has 0 heterocycles. The van der Waals surface area contributed by atoms with Crippen LogP contribution in [-0.4, -0.2) is 44.3 Å². The fourth-order valence-corrected chi connectivity index (χ4v) is 2.32. The molecule has 36 heavy (non-hydrogen) atoms. The van der Waals surface area contributed by atoms with E-state index in [1.54, 1.807) is 121 Å². The number of benzene rings is 4. The van der Waals surface area contributed by atoms with E-state index in [-0.39, 0.29) is 0 Å². The first-order chi connectivity index (χ1) is 17.2. The molecule has 0 unspecified atom stereocenters. The molecule has 0 aromatic heterocycles. The molecule has 4 aromatic carbocycles. The summed E-state index contributed by atoms with van der Waals surface area (Å²) in [6, 6.07) is 33.2. The molecule has 184 valence electrons. The molecule has 0 aliphatic carbocycles. The van der Waals surface area contributed by atoms with Crippen LogP contribution in [0.4, 0.5) is 0 Å². The summed E-state index contributed by atoms with van der Waals surface area (Å²) in [5.74, 6) is -3.52. The highest BCUT2D eigenvalue weighted by molar-refractivity contribution is 5.88. The van der Waals surface area contributed by atoms with E-state index in [0.29, 0.717) is 22.3 Å². The largest absolute Gasteiger partial charge is 0.478 e. The molecular weight excluding hydrogens is 464 g/mol. The van der Waals surface area contributed by atoms with Gasteiger partial charge >= 0.3 is 23.9 Å². The van der Waals surface area contributed by atoms with Crippen molar-refractivity contribution in [2.45, 2.75) is 0 Å². The van der Waals surface area contributed by atoms with Gasteiger partial charge in [0.1, 0.15) is 0 Å². The summed E-state index contributed by atoms with van der Waals surface area (Å²) >= 11 is 0. The predicted molar refractivity (Wildman–Crippen MR) is 134 cm³/mol. The van der Waals surface area contributed by atoms with Gasteiger partial charge in [0.15, 0.2) is 0 Å². The van der Waals surface area contributed by atoms with Crippen molar-refractivity contribution in [1.82, 2.24) is 0 Å². The van der Waals surface area contributed by atoms with E-state index < -0.39 is 23.9 Å². The van der Waals surface area contributed by atoms with E-state index in [9.17, 15) is 19.2 Å². The number of carboxylic acids is 4. The Balaban J connectivity index is 0.000000240. The van der Waals surface area contributed by atoms with Gasteiger partial charge in [0.25, 0.3) is 0 Å². The highest BCUT2D eigenvalue weighted by Gasteiger charge is 1.98. The minimum Gasteiger partial charge on any atom is -0.478 e. The monoisotopic (exact) mass is 488 g/mol. The molecule has 0 spiro atoms. The smallest absolute Gasteiger partial charge is 0.335 e. The summed E-state index contributed by atoms with van der Waals surface area (Å²) in [6.07, 6.45) is 0. The standard InChI is InChI=1S/4C7H6O2/c4*8-7(9)6-4-2-1-3-5-6/h4*1-5H,(H,8,9). The fraction of sp³-hybridized carbons (Fsp3) is 0. The van der Waals surface area contributed by atoms with Gasteiger partial charge in [0.2, 0.25) is 0 Å². The fourth-order valence-electron chi connectivity index (χ4n) is 2.32. The van der Waals surface area contributed by atoms with E-state index >= 15 is 0 Å². The van der Waals surface area contributed by atoms with E-state index in [4.69, 9.17) is 20.4 Å². The summed E-state index contributed by atoms with van der Waals surface area (Å²) in [5.41, 5.74) is 1.32. The van der Waals surface area contributed by atoms with Crippen molar-refractivity contribution in [2.75, 3.05) is 0 Å². The van der Waals surface area contributed by atoms with Crippen molar-refractivity contribution in [2.24, 2.45) is 0 Å². The molecule has 0 radical (unpaired) electrons. The third-order valence-electron chi connectivity index (χ3n) is 4.08. The molecule has 0 aliphatic rings. The molecule has 4 N–H and O–H groups in total. The lowest BCUT2D eigenvalue weighted by Crippen LogP contribution is -1.93. The Morgan fingerprint density at radius 2 is 0.444 bits per heavy atom. The Morgan fingerprint density at radius 1 is 0.306 bits per heavy atom. The van der Waals surface area contributed by atoms with Crippen molar-refractivity contribution in [1.29, 1.82) is 0 Å². The quantitative estimate of drug-likeness (QED) is 0.292. The summed E-state index contributed by atoms with van der Waals surface area (Å²) < 4.78 is 0. The molecule has 0 amide bonds. The van der Waals surface area contributed by atoms with E-state index in [1.165, 1.54) is 0 Å². The van der Waals surface area contributed by atoms with E-state index in [0.717, 1.165) is 0 Å². The van der Waals surface area contributed by atoms with Gasteiger partial charge < -0.3 is 20.4 Å². The first-order valence-electron chi connectivity index (χ1n) is 10.4. The minimum absolute atomic E-state index is 0.331. The number of carbonyl (C=O) groups is 4. The topological polar surface area (TPSA) is 149 Å². The van der Waals surface area contributed by atoms with Crippen molar-refractivity contribution >= 4 is 23.9 Å². The highest BCUT2D eigenvalue weighted by atomic mass is 16.4. The zero-order valence-corrected chi connectivity index (χ0v) is 19.0. The number of carboxylic acid groups (broad SMARTS) is 4. The first kappa shape index (κ1) is 28.8. The van der Waals surface area contributed by atoms with Gasteiger partial charge in [-0.3, -0.25) is 0 Å². The molecule has 8 nitrogen and oxygen atoms in total. The Hall–Kier alpha value is -5.24. The second kappa shape index (κ2) is 16.4. The van der Waals surface area contributed by atoms with Crippen LogP contribution >= 0.6 is 0 Å². The second-order valence-electron chi connectivity index (χ2n) is 6.68. The molecular formula is C28H24O8. The van der Waals surface area contributed by atoms with Crippen LogP contribution in [0.2, 0.25) is 0 Å². The van der Waals surface area contributed by atoms with Crippen molar-refractivity contribution in [3.63, 3.8) is 0 Å². The van der Waals surface area contributed by atoms with Gasteiger partial charge in [-0.15, -0.1) is 0 Å². The van der Waals surface area contributed by atoms with Crippen LogP contribution in [-0.2, 0) is 0 Å². The van der Waals surface area contributed by atoms with Crippen LogP contribution in [0.5, 0.6) is 0 Å². The first-order valence-corrected chi connectivity index (χ1v) is 10.4. The normalized spacial score (nSPS) is 8.89. The molecule has 0 fully saturated rings. The van der Waals surface area contributed by atoms with Crippen LogP contribution in [0.3, 0.4) is 0 Å². The van der Waals surface area contributed by atoms with Gasteiger partial charge in [0.05, 0.1) is 22.3 Å². The van der Waals surface area contributed by atoms with Crippen LogP contribution in [0.1, 0.15) is 41.4 Å². The predicted octanol–water partition coefficient (Wildman–Crippen LogP) is 5.54. The number of aromatic carboxylic acids is 4. The molecule has 0 bridgehead atoms. The molecule has 0 saturated carbocycles. The number of rotatable bonds is 4. The van der Waals surface area contributed by atoms with E-state index in [2.05, 4.69) is 0 Å². The zero-order chi connectivity index (χ0) is 26.8. The lowest BCUT2D eigenvalue weighted by atomic mass is 10.2. The zero-order valence-electron chi connectivity index (χ0n) is 19.0. The lowest BCUT2D eigenvalue weighted by Gasteiger charge is -1.88. The third-order valence-corrected chi connectivity index (χ3v) is 4.08. The summed E-state index contributed by atoms with van der Waals surface area (Å²) in [7, 11) is 0. The molecule has 0 saturated heterocycles. The third kappa shape index (κ3) is 12.1. The number of hydrogen-bond acceptors (Lipinski definition) is 4. The van der Waals surface area contributed by atoms with Crippen LogP contribution in [0.25, 0.3) is 0 Å². The molecule has 4 aromatic rings. The Bertz CT molecular complexity index is 1010. The Morgan fingerprint density at radius 3 is 0.528 bits per heavy atom. The van der Waals surface area contributed by atoms with Gasteiger partial charge in [-0.1, -0.05) is 72.8 Å². The Labute approximate surface area is 207 Å². The minimum atomic E-state index is -0.879. The summed E-state index contributed by atoms with van der Waals surface area (Å²) in [5, 5.41) is 33.5. The average Bonchev–Trinajstić information content (AvgIpc) is 2.92. The SMILES string of the molecule is O=C(O)c1ccccc1.O=C(O)c1ccccc1.O=C(O)c1ccccc1.O=C(O)c1ccccc1. The molecule has 0 aliphatic heterocycles.